The zero-order chi connectivity index (χ0) is 15.5. The van der Waals surface area contributed by atoms with Crippen LogP contribution in [0.3, 0.4) is 0 Å². The van der Waals surface area contributed by atoms with Crippen LogP contribution in [0.5, 0.6) is 11.5 Å². The van der Waals surface area contributed by atoms with E-state index in [9.17, 15) is 26.7 Å². The molecular formula is C11H8BrF5O3. The predicted octanol–water partition coefficient (Wildman–Crippen LogP) is 4.15. The first kappa shape index (κ1) is 16.7. The molecule has 0 aliphatic carbocycles. The normalized spacial score (nSPS) is 13.2. The van der Waals surface area contributed by atoms with Crippen molar-refractivity contribution >= 4 is 21.7 Å². The molecule has 0 aliphatic rings. The number of carbonyl (C=O) groups is 1. The third-order valence-corrected chi connectivity index (χ3v) is 2.44. The van der Waals surface area contributed by atoms with Crippen LogP contribution in [0.1, 0.15) is 17.3 Å². The summed E-state index contributed by atoms with van der Waals surface area (Å²) in [5.74, 6) is -1.98. The van der Waals surface area contributed by atoms with Gasteiger partial charge in [0.15, 0.2) is 5.78 Å². The van der Waals surface area contributed by atoms with Gasteiger partial charge in [-0.15, -0.1) is 13.2 Å². The number of hydrogen-bond acceptors (Lipinski definition) is 3. The molecule has 1 rings (SSSR count). The van der Waals surface area contributed by atoms with E-state index in [0.717, 1.165) is 18.2 Å². The minimum atomic E-state index is -5.00. The Balaban J connectivity index is 3.19. The zero-order valence-corrected chi connectivity index (χ0v) is 11.5. The fourth-order valence-electron chi connectivity index (χ4n) is 1.31. The van der Waals surface area contributed by atoms with Gasteiger partial charge in [-0.05, 0) is 25.1 Å². The van der Waals surface area contributed by atoms with Crippen molar-refractivity contribution in [3.63, 3.8) is 0 Å². The third-order valence-electron chi connectivity index (χ3n) is 2.03. The van der Waals surface area contributed by atoms with Crippen molar-refractivity contribution in [1.82, 2.24) is 0 Å². The lowest BCUT2D eigenvalue weighted by atomic mass is 10.1. The first-order chi connectivity index (χ1) is 9.10. The lowest BCUT2D eigenvalue weighted by Gasteiger charge is -2.15. The van der Waals surface area contributed by atoms with Gasteiger partial charge in [-0.1, -0.05) is 15.9 Å². The number of carbonyl (C=O) groups excluding carboxylic acids is 1. The molecule has 112 valence electrons. The van der Waals surface area contributed by atoms with E-state index in [1.165, 1.54) is 6.92 Å². The van der Waals surface area contributed by atoms with E-state index in [0.29, 0.717) is 0 Å². The van der Waals surface area contributed by atoms with Crippen LogP contribution in [0.25, 0.3) is 0 Å². The second-order valence-corrected chi connectivity index (χ2v) is 4.94. The van der Waals surface area contributed by atoms with Crippen molar-refractivity contribution in [3.8, 4) is 11.5 Å². The molecule has 9 heteroatoms. The molecule has 0 saturated carbocycles. The quantitative estimate of drug-likeness (QED) is 0.448. The fraction of sp³-hybridized carbons (Fsp3) is 0.364. The lowest BCUT2D eigenvalue weighted by Crippen LogP contribution is -2.20. The van der Waals surface area contributed by atoms with Gasteiger partial charge in [0.1, 0.15) is 11.5 Å². The van der Waals surface area contributed by atoms with Crippen molar-refractivity contribution in [1.29, 1.82) is 0 Å². The number of benzene rings is 1. The highest BCUT2D eigenvalue weighted by Gasteiger charge is 2.33. The second-order valence-electron chi connectivity index (χ2n) is 3.56. The van der Waals surface area contributed by atoms with Crippen molar-refractivity contribution in [2.24, 2.45) is 0 Å². The van der Waals surface area contributed by atoms with Gasteiger partial charge in [0.05, 0.1) is 10.4 Å². The zero-order valence-electron chi connectivity index (χ0n) is 9.88. The molecule has 0 aliphatic heterocycles. The summed E-state index contributed by atoms with van der Waals surface area (Å²) in [6, 6.07) is 2.37. The summed E-state index contributed by atoms with van der Waals surface area (Å²) in [4.78, 5) is 10.9. The fourth-order valence-corrected chi connectivity index (χ4v) is 1.55. The van der Waals surface area contributed by atoms with Gasteiger partial charge in [0.25, 0.3) is 0 Å². The smallest absolute Gasteiger partial charge is 0.435 e. The van der Waals surface area contributed by atoms with Crippen molar-refractivity contribution in [2.45, 2.75) is 24.7 Å². The van der Waals surface area contributed by atoms with E-state index in [1.807, 2.05) is 0 Å². The molecule has 0 N–H and O–H groups in total. The van der Waals surface area contributed by atoms with E-state index in [1.54, 1.807) is 0 Å². The second kappa shape index (κ2) is 6.38. The maximum absolute atomic E-state index is 12.2. The summed E-state index contributed by atoms with van der Waals surface area (Å²) in [6.45, 7) is -1.78. The Morgan fingerprint density at radius 2 is 1.90 bits per heavy atom. The lowest BCUT2D eigenvalue weighted by molar-refractivity contribution is -0.274. The van der Waals surface area contributed by atoms with Crippen LogP contribution in [-0.2, 0) is 0 Å². The Labute approximate surface area is 118 Å². The number of hydrogen-bond donors (Lipinski definition) is 0. The van der Waals surface area contributed by atoms with Crippen LogP contribution in [0.4, 0.5) is 22.0 Å². The average Bonchev–Trinajstić information content (AvgIpc) is 2.27. The first-order valence-corrected chi connectivity index (χ1v) is 6.04. The molecule has 0 fully saturated rings. The van der Waals surface area contributed by atoms with Gasteiger partial charge in [-0.3, -0.25) is 4.79 Å². The maximum atomic E-state index is 12.2. The van der Waals surface area contributed by atoms with Crippen LogP contribution in [0, 0.1) is 0 Å². The molecule has 0 amide bonds. The van der Waals surface area contributed by atoms with E-state index >= 15 is 0 Å². The number of alkyl halides is 6. The summed E-state index contributed by atoms with van der Waals surface area (Å²) < 4.78 is 68.4. The highest BCUT2D eigenvalue weighted by molar-refractivity contribution is 9.10. The molecule has 1 atom stereocenters. The first-order valence-electron chi connectivity index (χ1n) is 5.13. The van der Waals surface area contributed by atoms with Crippen LogP contribution in [-0.4, -0.2) is 23.6 Å². The molecule has 3 nitrogen and oxygen atoms in total. The van der Waals surface area contributed by atoms with Gasteiger partial charge in [0.2, 0.25) is 0 Å². The monoisotopic (exact) mass is 362 g/mol. The molecule has 0 spiro atoms. The Morgan fingerprint density at radius 3 is 2.35 bits per heavy atom. The number of Topliss-reactive ketones (excluding diaryl/α,β-unsaturated/α-hetero) is 1. The Bertz CT molecular complexity index is 487. The maximum Gasteiger partial charge on any atom is 0.573 e. The van der Waals surface area contributed by atoms with E-state index in [4.69, 9.17) is 0 Å². The highest BCUT2D eigenvalue weighted by atomic mass is 79.9. The number of ether oxygens (including phenoxy) is 2. The van der Waals surface area contributed by atoms with E-state index in [2.05, 4.69) is 25.4 Å². The summed E-state index contributed by atoms with van der Waals surface area (Å²) in [5, 5.41) is 0. The van der Waals surface area contributed by atoms with Crippen LogP contribution in [0.15, 0.2) is 18.2 Å². The van der Waals surface area contributed by atoms with Gasteiger partial charge in [-0.25, -0.2) is 0 Å². The molecule has 1 aromatic rings. The number of rotatable bonds is 5. The van der Waals surface area contributed by atoms with Crippen LogP contribution in [0.2, 0.25) is 0 Å². The van der Waals surface area contributed by atoms with Gasteiger partial charge < -0.3 is 9.47 Å². The molecule has 1 unspecified atom stereocenters. The molecule has 0 radical (unpaired) electrons. The van der Waals surface area contributed by atoms with Crippen molar-refractivity contribution in [3.05, 3.63) is 23.8 Å². The largest absolute Gasteiger partial charge is 0.573 e. The Hall–Kier alpha value is -1.38. The average molecular weight is 363 g/mol. The standard InChI is InChI=1S/C11H8BrF5O3/c1-5(12)9(18)7-4-6(19-10(13)14)2-3-8(7)20-11(15,16)17/h2-5,10H,1H3. The van der Waals surface area contributed by atoms with Gasteiger partial charge >= 0.3 is 13.0 Å². The van der Waals surface area contributed by atoms with Crippen molar-refractivity contribution < 1.29 is 36.2 Å². The van der Waals surface area contributed by atoms with E-state index in [-0.39, 0.29) is 0 Å². The summed E-state index contributed by atoms with van der Waals surface area (Å²) in [7, 11) is 0. The minimum Gasteiger partial charge on any atom is -0.435 e. The summed E-state index contributed by atoms with van der Waals surface area (Å²) >= 11 is 2.89. The molecule has 0 heterocycles. The van der Waals surface area contributed by atoms with Crippen molar-refractivity contribution in [2.75, 3.05) is 0 Å². The SMILES string of the molecule is CC(Br)C(=O)c1cc(OC(F)F)ccc1OC(F)(F)F. The van der Waals surface area contributed by atoms with Gasteiger partial charge in [0, 0.05) is 0 Å². The summed E-state index contributed by atoms with van der Waals surface area (Å²) in [5.41, 5.74) is -0.509. The van der Waals surface area contributed by atoms with Crippen LogP contribution < -0.4 is 9.47 Å². The Kier molecular flexibility index (Phi) is 5.32. The minimum absolute atomic E-state index is 0.439. The third kappa shape index (κ3) is 4.95. The number of ketones is 1. The highest BCUT2D eigenvalue weighted by Crippen LogP contribution is 2.31. The molecule has 1 aromatic carbocycles. The predicted molar refractivity (Wildman–Crippen MR) is 62.5 cm³/mol. The molecule has 0 saturated heterocycles. The molecular weight excluding hydrogens is 355 g/mol. The summed E-state index contributed by atoms with van der Waals surface area (Å²) in [6.07, 6.45) is -5.00. The molecule has 0 bridgehead atoms. The van der Waals surface area contributed by atoms with Crippen LogP contribution >= 0.6 is 15.9 Å². The Morgan fingerprint density at radius 1 is 1.30 bits per heavy atom. The molecule has 0 aromatic heterocycles. The van der Waals surface area contributed by atoms with E-state index < -0.39 is 40.6 Å². The topological polar surface area (TPSA) is 35.5 Å². The van der Waals surface area contributed by atoms with Gasteiger partial charge in [-0.2, -0.15) is 8.78 Å². The molecule has 20 heavy (non-hydrogen) atoms. The number of halogens is 6.